The van der Waals surface area contributed by atoms with Gasteiger partial charge in [-0.1, -0.05) is 6.92 Å². The van der Waals surface area contributed by atoms with Crippen molar-refractivity contribution < 1.29 is 8.81 Å². The summed E-state index contributed by atoms with van der Waals surface area (Å²) in [5.74, 6) is 1.26. The summed E-state index contributed by atoms with van der Waals surface area (Å²) >= 11 is 2.09. The molecule has 0 bridgehead atoms. The molecule has 0 aliphatic rings. The standard InChI is InChI=1S/C13H13FINO/c1-2-11(16)13-6-5-12(17-13)9-4-3-8(14)7-10(9)15/h3-7,11H,2,16H2,1H3. The van der Waals surface area contributed by atoms with Crippen LogP contribution in [0.1, 0.15) is 25.1 Å². The summed E-state index contributed by atoms with van der Waals surface area (Å²) in [6.45, 7) is 2.01. The van der Waals surface area contributed by atoms with E-state index in [1.807, 2.05) is 19.1 Å². The molecule has 2 nitrogen and oxygen atoms in total. The molecular weight excluding hydrogens is 332 g/mol. The van der Waals surface area contributed by atoms with Crippen LogP contribution in [0.2, 0.25) is 0 Å². The minimum absolute atomic E-state index is 0.0816. The molecule has 2 N–H and O–H groups in total. The number of hydrogen-bond donors (Lipinski definition) is 1. The Kier molecular flexibility index (Phi) is 3.83. The van der Waals surface area contributed by atoms with Crippen molar-refractivity contribution in [2.45, 2.75) is 19.4 Å². The highest BCUT2D eigenvalue weighted by molar-refractivity contribution is 14.1. The van der Waals surface area contributed by atoms with Gasteiger partial charge < -0.3 is 10.2 Å². The molecule has 2 rings (SSSR count). The average Bonchev–Trinajstić information content (AvgIpc) is 2.77. The van der Waals surface area contributed by atoms with E-state index in [0.29, 0.717) is 0 Å². The second kappa shape index (κ2) is 5.18. The van der Waals surface area contributed by atoms with Crippen LogP contribution in [0.5, 0.6) is 0 Å². The molecule has 0 amide bonds. The first-order valence-electron chi connectivity index (χ1n) is 5.42. The monoisotopic (exact) mass is 345 g/mol. The van der Waals surface area contributed by atoms with Crippen molar-refractivity contribution in [3.63, 3.8) is 0 Å². The van der Waals surface area contributed by atoms with Crippen molar-refractivity contribution in [1.82, 2.24) is 0 Å². The summed E-state index contributed by atoms with van der Waals surface area (Å²) in [4.78, 5) is 0. The SMILES string of the molecule is CCC(N)c1ccc(-c2ccc(F)cc2I)o1. The smallest absolute Gasteiger partial charge is 0.135 e. The molecule has 1 aromatic heterocycles. The Morgan fingerprint density at radius 2 is 2.12 bits per heavy atom. The highest BCUT2D eigenvalue weighted by Gasteiger charge is 2.12. The summed E-state index contributed by atoms with van der Waals surface area (Å²) < 4.78 is 19.5. The number of hydrogen-bond acceptors (Lipinski definition) is 2. The van der Waals surface area contributed by atoms with E-state index in [2.05, 4.69) is 22.6 Å². The third-order valence-electron chi connectivity index (χ3n) is 2.63. The first-order chi connectivity index (χ1) is 8.11. The van der Waals surface area contributed by atoms with Crippen molar-refractivity contribution in [2.75, 3.05) is 0 Å². The lowest BCUT2D eigenvalue weighted by Gasteiger charge is -2.05. The van der Waals surface area contributed by atoms with E-state index in [9.17, 15) is 4.39 Å². The summed E-state index contributed by atoms with van der Waals surface area (Å²) in [5, 5.41) is 0. The van der Waals surface area contributed by atoms with Crippen molar-refractivity contribution >= 4 is 22.6 Å². The molecule has 0 saturated carbocycles. The fraction of sp³-hybridized carbons (Fsp3) is 0.231. The van der Waals surface area contributed by atoms with E-state index < -0.39 is 0 Å². The second-order valence-electron chi connectivity index (χ2n) is 3.84. The number of nitrogens with two attached hydrogens (primary N) is 1. The molecule has 0 spiro atoms. The highest BCUT2D eigenvalue weighted by atomic mass is 127. The number of rotatable bonds is 3. The fourth-order valence-corrected chi connectivity index (χ4v) is 2.33. The largest absolute Gasteiger partial charge is 0.459 e. The van der Waals surface area contributed by atoms with Crippen molar-refractivity contribution in [3.05, 3.63) is 45.5 Å². The molecule has 0 fully saturated rings. The van der Waals surface area contributed by atoms with E-state index in [0.717, 1.165) is 27.1 Å². The molecule has 1 heterocycles. The Hall–Kier alpha value is -0.880. The molecule has 0 saturated heterocycles. The maximum Gasteiger partial charge on any atom is 0.135 e. The van der Waals surface area contributed by atoms with Crippen LogP contribution in [-0.4, -0.2) is 0 Å². The normalized spacial score (nSPS) is 12.7. The maximum absolute atomic E-state index is 13.0. The van der Waals surface area contributed by atoms with Crippen molar-refractivity contribution in [1.29, 1.82) is 0 Å². The van der Waals surface area contributed by atoms with Crippen molar-refractivity contribution in [3.8, 4) is 11.3 Å². The van der Waals surface area contributed by atoms with Crippen LogP contribution < -0.4 is 5.73 Å². The molecule has 17 heavy (non-hydrogen) atoms. The second-order valence-corrected chi connectivity index (χ2v) is 5.00. The topological polar surface area (TPSA) is 39.2 Å². The lowest BCUT2D eigenvalue weighted by molar-refractivity contribution is 0.470. The Labute approximate surface area is 113 Å². The maximum atomic E-state index is 13.0. The summed E-state index contributed by atoms with van der Waals surface area (Å²) in [5.41, 5.74) is 6.78. The Morgan fingerprint density at radius 1 is 1.35 bits per heavy atom. The zero-order chi connectivity index (χ0) is 12.4. The van der Waals surface area contributed by atoms with Gasteiger partial charge in [0.15, 0.2) is 0 Å². The summed E-state index contributed by atoms with van der Waals surface area (Å²) in [6.07, 6.45) is 0.827. The molecule has 2 aromatic rings. The van der Waals surface area contributed by atoms with Crippen LogP contribution in [0, 0.1) is 9.39 Å². The van der Waals surface area contributed by atoms with Crippen LogP contribution in [0.3, 0.4) is 0 Å². The van der Waals surface area contributed by atoms with Crippen LogP contribution in [0.15, 0.2) is 34.7 Å². The number of benzene rings is 1. The van der Waals surface area contributed by atoms with Crippen LogP contribution in [0.4, 0.5) is 4.39 Å². The molecule has 0 aliphatic carbocycles. The number of halogens is 2. The van der Waals surface area contributed by atoms with E-state index in [-0.39, 0.29) is 11.9 Å². The number of furan rings is 1. The fourth-order valence-electron chi connectivity index (χ4n) is 1.59. The lowest BCUT2D eigenvalue weighted by atomic mass is 10.1. The van der Waals surface area contributed by atoms with Gasteiger partial charge in [0.25, 0.3) is 0 Å². The molecule has 4 heteroatoms. The van der Waals surface area contributed by atoms with Gasteiger partial charge in [0, 0.05) is 9.13 Å². The van der Waals surface area contributed by atoms with Gasteiger partial charge in [0.05, 0.1) is 6.04 Å². The Morgan fingerprint density at radius 3 is 2.76 bits per heavy atom. The molecule has 0 aliphatic heterocycles. The van der Waals surface area contributed by atoms with Gasteiger partial charge in [0.2, 0.25) is 0 Å². The van der Waals surface area contributed by atoms with E-state index >= 15 is 0 Å². The quantitative estimate of drug-likeness (QED) is 0.851. The minimum atomic E-state index is -0.241. The van der Waals surface area contributed by atoms with Crippen molar-refractivity contribution in [2.24, 2.45) is 5.73 Å². The lowest BCUT2D eigenvalue weighted by Crippen LogP contribution is -2.06. The zero-order valence-electron chi connectivity index (χ0n) is 9.41. The van der Waals surface area contributed by atoms with Gasteiger partial charge in [-0.05, 0) is 59.3 Å². The third kappa shape index (κ3) is 2.69. The predicted molar refractivity (Wildman–Crippen MR) is 74.0 cm³/mol. The molecule has 90 valence electrons. The van der Waals surface area contributed by atoms with Crippen LogP contribution in [-0.2, 0) is 0 Å². The van der Waals surface area contributed by atoms with Gasteiger partial charge in [-0.3, -0.25) is 0 Å². The first kappa shape index (κ1) is 12.6. The first-order valence-corrected chi connectivity index (χ1v) is 6.50. The Balaban J connectivity index is 2.37. The third-order valence-corrected chi connectivity index (χ3v) is 3.52. The average molecular weight is 345 g/mol. The minimum Gasteiger partial charge on any atom is -0.459 e. The van der Waals surface area contributed by atoms with Gasteiger partial charge >= 0.3 is 0 Å². The van der Waals surface area contributed by atoms with Gasteiger partial charge in [-0.2, -0.15) is 0 Å². The van der Waals surface area contributed by atoms with E-state index in [4.69, 9.17) is 10.2 Å². The molecule has 0 radical (unpaired) electrons. The van der Waals surface area contributed by atoms with Crippen LogP contribution >= 0.6 is 22.6 Å². The van der Waals surface area contributed by atoms with E-state index in [1.54, 1.807) is 6.07 Å². The summed E-state index contributed by atoms with van der Waals surface area (Å²) in [7, 11) is 0. The molecular formula is C13H13FINO. The zero-order valence-corrected chi connectivity index (χ0v) is 11.6. The molecule has 1 atom stereocenters. The van der Waals surface area contributed by atoms with Gasteiger partial charge in [-0.15, -0.1) is 0 Å². The Bertz CT molecular complexity index is 524. The highest BCUT2D eigenvalue weighted by Crippen LogP contribution is 2.29. The summed E-state index contributed by atoms with van der Waals surface area (Å²) in [6, 6.07) is 8.30. The van der Waals surface area contributed by atoms with Gasteiger partial charge in [0.1, 0.15) is 17.3 Å². The molecule has 1 aromatic carbocycles. The molecule has 1 unspecified atom stereocenters. The predicted octanol–water partition coefficient (Wildman–Crippen LogP) is 4.10. The van der Waals surface area contributed by atoms with Crippen LogP contribution in [0.25, 0.3) is 11.3 Å². The van der Waals surface area contributed by atoms with Gasteiger partial charge in [-0.25, -0.2) is 4.39 Å². The van der Waals surface area contributed by atoms with E-state index in [1.165, 1.54) is 12.1 Å².